The number of carbonyl (C=O) groups excluding carboxylic acids is 2. The van der Waals surface area contributed by atoms with Crippen LogP contribution >= 0.6 is 0 Å². The van der Waals surface area contributed by atoms with Crippen LogP contribution in [0.1, 0.15) is 11.1 Å². The molecule has 2 N–H and O–H groups in total. The predicted octanol–water partition coefficient (Wildman–Crippen LogP) is 1.90. The van der Waals surface area contributed by atoms with Crippen molar-refractivity contribution < 1.29 is 27.1 Å². The maximum Gasteiger partial charge on any atom is 0.321 e. The maximum atomic E-state index is 12.8. The third-order valence-electron chi connectivity index (χ3n) is 3.55. The Morgan fingerprint density at radius 2 is 1.74 bits per heavy atom. The van der Waals surface area contributed by atoms with E-state index < -0.39 is 40.9 Å². The van der Waals surface area contributed by atoms with E-state index in [0.29, 0.717) is 5.69 Å². The van der Waals surface area contributed by atoms with Gasteiger partial charge in [-0.3, -0.25) is 9.59 Å². The quantitative estimate of drug-likeness (QED) is 0.699. The molecule has 144 valence electrons. The fourth-order valence-electron chi connectivity index (χ4n) is 2.19. The van der Waals surface area contributed by atoms with E-state index in [1.165, 1.54) is 0 Å². The molecule has 0 bridgehead atoms. The highest BCUT2D eigenvalue weighted by molar-refractivity contribution is 7.89. The van der Waals surface area contributed by atoms with E-state index in [4.69, 9.17) is 4.74 Å². The Morgan fingerprint density at radius 1 is 1.07 bits per heavy atom. The molecule has 1 amide bonds. The molecule has 7 nitrogen and oxygen atoms in total. The summed E-state index contributed by atoms with van der Waals surface area (Å²) in [4.78, 5) is 23.3. The summed E-state index contributed by atoms with van der Waals surface area (Å²) in [6, 6.07) is 9.58. The molecule has 0 saturated heterocycles. The average molecular weight is 394 g/mol. The molecule has 0 aliphatic heterocycles. The number of nitrogens with one attached hydrogen (secondary N) is 2. The first-order valence-electron chi connectivity index (χ1n) is 7.95. The number of carbonyl (C=O) groups is 2. The summed E-state index contributed by atoms with van der Waals surface area (Å²) in [5, 5.41) is 2.61. The summed E-state index contributed by atoms with van der Waals surface area (Å²) in [6.45, 7) is 2.55. The van der Waals surface area contributed by atoms with Crippen molar-refractivity contribution in [3.63, 3.8) is 0 Å². The summed E-state index contributed by atoms with van der Waals surface area (Å²) in [5.41, 5.74) is 2.51. The first-order valence-corrected chi connectivity index (χ1v) is 9.43. The Morgan fingerprint density at radius 3 is 2.37 bits per heavy atom. The highest BCUT2D eigenvalue weighted by Crippen LogP contribution is 2.15. The normalized spacial score (nSPS) is 11.1. The van der Waals surface area contributed by atoms with Crippen LogP contribution < -0.4 is 10.0 Å². The lowest BCUT2D eigenvalue weighted by atomic mass is 10.1. The minimum absolute atomic E-state index is 0.190. The van der Waals surface area contributed by atoms with Crippen LogP contribution in [0.2, 0.25) is 0 Å². The zero-order valence-corrected chi connectivity index (χ0v) is 15.6. The first-order chi connectivity index (χ1) is 12.7. The van der Waals surface area contributed by atoms with Gasteiger partial charge in [0.2, 0.25) is 10.0 Å². The molecule has 0 saturated carbocycles. The van der Waals surface area contributed by atoms with Gasteiger partial charge in [-0.25, -0.2) is 12.8 Å². The molecule has 2 aromatic carbocycles. The van der Waals surface area contributed by atoms with E-state index in [0.717, 1.165) is 35.4 Å². The second kappa shape index (κ2) is 8.74. The molecule has 0 aliphatic carbocycles. The standard InChI is InChI=1S/C18H19FN2O5S/c1-12-3-8-16(13(2)9-12)21-17(22)11-26-18(23)10-20-27(24,25)15-6-4-14(19)5-7-15/h3-9,20H,10-11H2,1-2H3,(H,21,22). The van der Waals surface area contributed by atoms with Gasteiger partial charge in [-0.2, -0.15) is 4.72 Å². The largest absolute Gasteiger partial charge is 0.455 e. The Kier molecular flexibility index (Phi) is 6.65. The topological polar surface area (TPSA) is 102 Å². The molecular weight excluding hydrogens is 375 g/mol. The van der Waals surface area contributed by atoms with Crippen LogP contribution in [0.5, 0.6) is 0 Å². The number of aryl methyl sites for hydroxylation is 2. The second-order valence-corrected chi connectivity index (χ2v) is 7.57. The van der Waals surface area contributed by atoms with Crippen molar-refractivity contribution in [3.05, 3.63) is 59.4 Å². The molecule has 27 heavy (non-hydrogen) atoms. The third-order valence-corrected chi connectivity index (χ3v) is 4.97. The van der Waals surface area contributed by atoms with Crippen molar-refractivity contribution in [2.75, 3.05) is 18.5 Å². The van der Waals surface area contributed by atoms with Gasteiger partial charge in [0, 0.05) is 5.69 Å². The Hall–Kier alpha value is -2.78. The predicted molar refractivity (Wildman–Crippen MR) is 97.1 cm³/mol. The number of anilines is 1. The van der Waals surface area contributed by atoms with Crippen molar-refractivity contribution >= 4 is 27.6 Å². The van der Waals surface area contributed by atoms with Gasteiger partial charge in [0.1, 0.15) is 12.4 Å². The lowest BCUT2D eigenvalue weighted by Gasteiger charge is -2.10. The summed E-state index contributed by atoms with van der Waals surface area (Å²) in [7, 11) is -3.99. The number of ether oxygens (including phenoxy) is 1. The Labute approximate surface area is 156 Å². The van der Waals surface area contributed by atoms with Gasteiger partial charge in [-0.1, -0.05) is 17.7 Å². The monoisotopic (exact) mass is 394 g/mol. The van der Waals surface area contributed by atoms with Crippen molar-refractivity contribution in [2.24, 2.45) is 0 Å². The number of hydrogen-bond acceptors (Lipinski definition) is 5. The maximum absolute atomic E-state index is 12.8. The van der Waals surface area contributed by atoms with Gasteiger partial charge in [0.05, 0.1) is 4.90 Å². The minimum atomic E-state index is -3.99. The number of halogens is 1. The van der Waals surface area contributed by atoms with Crippen LogP contribution in [0.25, 0.3) is 0 Å². The molecule has 0 heterocycles. The van der Waals surface area contributed by atoms with Crippen LogP contribution in [-0.2, 0) is 24.3 Å². The SMILES string of the molecule is Cc1ccc(NC(=O)COC(=O)CNS(=O)(=O)c2ccc(F)cc2)c(C)c1. The van der Waals surface area contributed by atoms with E-state index in [1.54, 1.807) is 6.07 Å². The molecule has 9 heteroatoms. The lowest BCUT2D eigenvalue weighted by molar-refractivity contribution is -0.146. The smallest absolute Gasteiger partial charge is 0.321 e. The average Bonchev–Trinajstić information content (AvgIpc) is 2.61. The summed E-state index contributed by atoms with van der Waals surface area (Å²) in [6.07, 6.45) is 0. The van der Waals surface area contributed by atoms with Gasteiger partial charge in [0.25, 0.3) is 5.91 Å². The highest BCUT2D eigenvalue weighted by Gasteiger charge is 2.17. The van der Waals surface area contributed by atoms with E-state index in [1.807, 2.05) is 30.7 Å². The molecule has 0 aliphatic rings. The van der Waals surface area contributed by atoms with E-state index in [-0.39, 0.29) is 4.90 Å². The van der Waals surface area contributed by atoms with Crippen LogP contribution in [0.4, 0.5) is 10.1 Å². The highest BCUT2D eigenvalue weighted by atomic mass is 32.2. The summed E-state index contributed by atoms with van der Waals surface area (Å²) < 4.78 is 43.6. The zero-order chi connectivity index (χ0) is 20.0. The zero-order valence-electron chi connectivity index (χ0n) is 14.8. The minimum Gasteiger partial charge on any atom is -0.455 e. The molecule has 0 unspecified atom stereocenters. The fourth-order valence-corrected chi connectivity index (χ4v) is 3.16. The van der Waals surface area contributed by atoms with Gasteiger partial charge >= 0.3 is 5.97 Å². The molecule has 0 radical (unpaired) electrons. The number of hydrogen-bond donors (Lipinski definition) is 2. The Balaban J connectivity index is 1.81. The summed E-state index contributed by atoms with van der Waals surface area (Å²) in [5.74, 6) is -2.05. The molecular formula is C18H19FN2O5S. The lowest BCUT2D eigenvalue weighted by Crippen LogP contribution is -2.32. The molecule has 0 spiro atoms. The van der Waals surface area contributed by atoms with Gasteiger partial charge in [-0.15, -0.1) is 0 Å². The van der Waals surface area contributed by atoms with Crippen molar-refractivity contribution in [1.82, 2.24) is 4.72 Å². The van der Waals surface area contributed by atoms with Gasteiger partial charge < -0.3 is 10.1 Å². The number of benzene rings is 2. The molecule has 0 aromatic heterocycles. The molecule has 0 fully saturated rings. The molecule has 2 rings (SSSR count). The first kappa shape index (κ1) is 20.5. The van der Waals surface area contributed by atoms with Gasteiger partial charge in [-0.05, 0) is 49.7 Å². The van der Waals surface area contributed by atoms with Gasteiger partial charge in [0.15, 0.2) is 6.61 Å². The van der Waals surface area contributed by atoms with E-state index in [9.17, 15) is 22.4 Å². The Bertz CT molecular complexity index is 943. The van der Waals surface area contributed by atoms with Crippen LogP contribution in [0, 0.1) is 19.7 Å². The molecule has 2 aromatic rings. The second-order valence-electron chi connectivity index (χ2n) is 5.81. The number of amides is 1. The van der Waals surface area contributed by atoms with E-state index >= 15 is 0 Å². The van der Waals surface area contributed by atoms with Crippen LogP contribution in [0.15, 0.2) is 47.4 Å². The van der Waals surface area contributed by atoms with E-state index in [2.05, 4.69) is 5.32 Å². The summed E-state index contributed by atoms with van der Waals surface area (Å²) >= 11 is 0. The third kappa shape index (κ3) is 6.15. The van der Waals surface area contributed by atoms with Crippen LogP contribution in [-0.4, -0.2) is 33.4 Å². The molecule has 0 atom stereocenters. The van der Waals surface area contributed by atoms with Crippen LogP contribution in [0.3, 0.4) is 0 Å². The van der Waals surface area contributed by atoms with Crippen molar-refractivity contribution in [1.29, 1.82) is 0 Å². The number of esters is 1. The number of sulfonamides is 1. The van der Waals surface area contributed by atoms with Crippen molar-refractivity contribution in [3.8, 4) is 0 Å². The van der Waals surface area contributed by atoms with Crippen molar-refractivity contribution in [2.45, 2.75) is 18.7 Å². The number of rotatable bonds is 7. The fraction of sp³-hybridized carbons (Fsp3) is 0.222.